The Morgan fingerprint density at radius 1 is 1.11 bits per heavy atom. The highest BCUT2D eigenvalue weighted by molar-refractivity contribution is 8.01. The smallest absolute Gasteiger partial charge is 0.266 e. The third kappa shape index (κ3) is 3.40. The van der Waals surface area contributed by atoms with E-state index in [9.17, 15) is 18.3 Å². The van der Waals surface area contributed by atoms with Crippen LogP contribution in [0.15, 0.2) is 58.5 Å². The highest BCUT2D eigenvalue weighted by Gasteiger charge is 2.38. The van der Waals surface area contributed by atoms with Crippen molar-refractivity contribution in [2.45, 2.75) is 23.4 Å². The summed E-state index contributed by atoms with van der Waals surface area (Å²) in [6.07, 6.45) is -0.978. The van der Waals surface area contributed by atoms with E-state index in [-0.39, 0.29) is 17.1 Å². The SMILES string of the molecule is Cc1ccccc1-n1c(S[C@H]2CS(=O)(=O)C[C@@H]2O)nc2ccccc2c1=O. The zero-order valence-electron chi connectivity index (χ0n) is 14.6. The summed E-state index contributed by atoms with van der Waals surface area (Å²) in [6, 6.07) is 14.5. The van der Waals surface area contributed by atoms with Crippen LogP contribution in [-0.4, -0.2) is 45.9 Å². The van der Waals surface area contributed by atoms with Crippen LogP contribution in [0.4, 0.5) is 0 Å². The van der Waals surface area contributed by atoms with Crippen LogP contribution >= 0.6 is 11.8 Å². The van der Waals surface area contributed by atoms with Gasteiger partial charge in [-0.05, 0) is 30.7 Å². The minimum Gasteiger partial charge on any atom is -0.391 e. The summed E-state index contributed by atoms with van der Waals surface area (Å²) in [4.78, 5) is 17.8. The molecule has 0 radical (unpaired) electrons. The molecule has 0 aliphatic carbocycles. The van der Waals surface area contributed by atoms with Crippen LogP contribution in [0.2, 0.25) is 0 Å². The van der Waals surface area contributed by atoms with Gasteiger partial charge >= 0.3 is 0 Å². The van der Waals surface area contributed by atoms with Crippen LogP contribution in [0.1, 0.15) is 5.56 Å². The molecule has 2 atom stereocenters. The van der Waals surface area contributed by atoms with Crippen molar-refractivity contribution >= 4 is 32.5 Å². The Labute approximate surface area is 160 Å². The topological polar surface area (TPSA) is 89.3 Å². The average Bonchev–Trinajstić information content (AvgIpc) is 2.88. The van der Waals surface area contributed by atoms with Crippen molar-refractivity contribution < 1.29 is 13.5 Å². The quantitative estimate of drug-likeness (QED) is 0.674. The van der Waals surface area contributed by atoms with E-state index in [0.717, 1.165) is 17.3 Å². The number of hydrogen-bond acceptors (Lipinski definition) is 6. The van der Waals surface area contributed by atoms with Gasteiger partial charge in [-0.1, -0.05) is 42.1 Å². The van der Waals surface area contributed by atoms with Crippen molar-refractivity contribution in [1.82, 2.24) is 9.55 Å². The van der Waals surface area contributed by atoms with Crippen LogP contribution in [0.25, 0.3) is 16.6 Å². The predicted molar refractivity (Wildman–Crippen MR) is 106 cm³/mol. The second kappa shape index (κ2) is 6.78. The Balaban J connectivity index is 1.92. The molecule has 6 nitrogen and oxygen atoms in total. The molecule has 0 bridgehead atoms. The summed E-state index contributed by atoms with van der Waals surface area (Å²) < 4.78 is 25.2. The van der Waals surface area contributed by atoms with Gasteiger partial charge in [0.2, 0.25) is 0 Å². The molecular weight excluding hydrogens is 384 g/mol. The lowest BCUT2D eigenvalue weighted by molar-refractivity contribution is 0.207. The minimum atomic E-state index is -3.29. The molecule has 1 aromatic heterocycles. The summed E-state index contributed by atoms with van der Waals surface area (Å²) in [6.45, 7) is 1.90. The second-order valence-corrected chi connectivity index (χ2v) is 10.00. The molecule has 0 unspecified atom stereocenters. The van der Waals surface area contributed by atoms with Gasteiger partial charge in [0.15, 0.2) is 15.0 Å². The lowest BCUT2D eigenvalue weighted by atomic mass is 10.2. The number of nitrogens with zero attached hydrogens (tertiary/aromatic N) is 2. The fraction of sp³-hybridized carbons (Fsp3) is 0.263. The Morgan fingerprint density at radius 2 is 1.81 bits per heavy atom. The van der Waals surface area contributed by atoms with Crippen molar-refractivity contribution in [2.24, 2.45) is 0 Å². The number of para-hydroxylation sites is 2. The summed E-state index contributed by atoms with van der Waals surface area (Å²) >= 11 is 1.14. The van der Waals surface area contributed by atoms with Crippen LogP contribution < -0.4 is 5.56 Å². The average molecular weight is 402 g/mol. The number of aliphatic hydroxyl groups is 1. The number of aryl methyl sites for hydroxylation is 1. The monoisotopic (exact) mass is 402 g/mol. The molecule has 27 heavy (non-hydrogen) atoms. The van der Waals surface area contributed by atoms with Crippen molar-refractivity contribution in [3.63, 3.8) is 0 Å². The van der Waals surface area contributed by atoms with Gasteiger partial charge < -0.3 is 5.11 Å². The number of rotatable bonds is 3. The third-order valence-corrected chi connectivity index (χ3v) is 7.83. The van der Waals surface area contributed by atoms with Gasteiger partial charge in [0.25, 0.3) is 5.56 Å². The molecule has 2 heterocycles. The third-order valence-electron chi connectivity index (χ3n) is 4.63. The van der Waals surface area contributed by atoms with E-state index in [2.05, 4.69) is 4.98 Å². The fourth-order valence-electron chi connectivity index (χ4n) is 3.26. The zero-order valence-corrected chi connectivity index (χ0v) is 16.2. The first-order valence-corrected chi connectivity index (χ1v) is 11.2. The molecule has 8 heteroatoms. The first kappa shape index (κ1) is 18.2. The molecule has 3 aromatic rings. The highest BCUT2D eigenvalue weighted by Crippen LogP contribution is 2.32. The highest BCUT2D eigenvalue weighted by atomic mass is 32.2. The number of aliphatic hydroxyl groups excluding tert-OH is 1. The molecular formula is C19H18N2O4S2. The van der Waals surface area contributed by atoms with Crippen LogP contribution in [0.5, 0.6) is 0 Å². The standard InChI is InChI=1S/C19H18N2O4S2/c1-12-6-2-5-9-15(12)21-18(23)13-7-3-4-8-14(13)20-19(21)26-17-11-27(24,25)10-16(17)22/h2-9,16-17,22H,10-11H2,1H3/t16-,17-/m0/s1. The summed E-state index contributed by atoms with van der Waals surface area (Å²) in [5, 5.41) is 10.5. The Kier molecular flexibility index (Phi) is 4.57. The second-order valence-electron chi connectivity index (χ2n) is 6.64. The maximum atomic E-state index is 13.2. The Bertz CT molecular complexity index is 1190. The van der Waals surface area contributed by atoms with Gasteiger partial charge in [-0.3, -0.25) is 9.36 Å². The first-order chi connectivity index (χ1) is 12.9. The molecule has 1 aliphatic heterocycles. The maximum Gasteiger partial charge on any atom is 0.266 e. The Hall–Kier alpha value is -2.16. The zero-order chi connectivity index (χ0) is 19.2. The van der Waals surface area contributed by atoms with Crippen LogP contribution in [0.3, 0.4) is 0 Å². The minimum absolute atomic E-state index is 0.130. The molecule has 2 aromatic carbocycles. The van der Waals surface area contributed by atoms with Gasteiger partial charge in [0.1, 0.15) is 0 Å². The summed E-state index contributed by atoms with van der Waals surface area (Å²) in [5.74, 6) is -0.387. The molecule has 4 rings (SSSR count). The van der Waals surface area contributed by atoms with Gasteiger partial charge in [0, 0.05) is 0 Å². The number of hydrogen-bond donors (Lipinski definition) is 1. The van der Waals surface area contributed by atoms with Gasteiger partial charge in [-0.2, -0.15) is 0 Å². The van der Waals surface area contributed by atoms with Crippen LogP contribution in [0, 0.1) is 6.92 Å². The molecule has 1 N–H and O–H groups in total. The van der Waals surface area contributed by atoms with Crippen molar-refractivity contribution in [3.05, 3.63) is 64.4 Å². The normalized spacial score (nSPS) is 21.6. The fourth-order valence-corrected chi connectivity index (χ4v) is 6.85. The number of thioether (sulfide) groups is 1. The lowest BCUT2D eigenvalue weighted by Crippen LogP contribution is -2.26. The van der Waals surface area contributed by atoms with Crippen molar-refractivity contribution in [3.8, 4) is 5.69 Å². The maximum absolute atomic E-state index is 13.2. The van der Waals surface area contributed by atoms with E-state index in [1.165, 1.54) is 4.57 Å². The predicted octanol–water partition coefficient (Wildman–Crippen LogP) is 1.94. The van der Waals surface area contributed by atoms with E-state index in [0.29, 0.717) is 21.7 Å². The summed E-state index contributed by atoms with van der Waals surface area (Å²) in [7, 11) is -3.29. The molecule has 0 saturated carbocycles. The summed E-state index contributed by atoms with van der Waals surface area (Å²) in [5.41, 5.74) is 1.93. The number of aromatic nitrogens is 2. The van der Waals surface area contributed by atoms with E-state index in [1.54, 1.807) is 24.3 Å². The molecule has 1 aliphatic rings. The molecule has 1 saturated heterocycles. The van der Waals surface area contributed by atoms with Gasteiger partial charge in [0.05, 0.1) is 39.4 Å². The van der Waals surface area contributed by atoms with Crippen molar-refractivity contribution in [1.29, 1.82) is 0 Å². The van der Waals surface area contributed by atoms with Crippen LogP contribution in [-0.2, 0) is 9.84 Å². The molecule has 1 fully saturated rings. The number of benzene rings is 2. The molecule has 140 valence electrons. The first-order valence-electron chi connectivity index (χ1n) is 8.49. The Morgan fingerprint density at radius 3 is 2.52 bits per heavy atom. The number of fused-ring (bicyclic) bond motifs is 1. The van der Waals surface area contributed by atoms with Gasteiger partial charge in [-0.15, -0.1) is 0 Å². The van der Waals surface area contributed by atoms with Crippen molar-refractivity contribution in [2.75, 3.05) is 11.5 Å². The largest absolute Gasteiger partial charge is 0.391 e. The number of sulfone groups is 1. The van der Waals surface area contributed by atoms with E-state index in [4.69, 9.17) is 0 Å². The van der Waals surface area contributed by atoms with E-state index in [1.807, 2.05) is 31.2 Å². The lowest BCUT2D eigenvalue weighted by Gasteiger charge is -2.18. The van der Waals surface area contributed by atoms with E-state index >= 15 is 0 Å². The van der Waals surface area contributed by atoms with Gasteiger partial charge in [-0.25, -0.2) is 13.4 Å². The molecule has 0 spiro atoms. The van der Waals surface area contributed by atoms with E-state index < -0.39 is 21.2 Å². The molecule has 0 amide bonds.